The standard InChI is InChI=1S/C21H24FN7O/c1-21(2,3)29-18-15(11-24-29)19(30)27-20(26-18)25-14-5-4-8-28(12-14)17-7-6-13(10-23)9-16(17)22/h6-7,9,11,14H,4-5,8,12H2,1-3H3,(H2,25,26,27,30). The topological polar surface area (TPSA) is 103 Å². The molecule has 0 bridgehead atoms. The van der Waals surface area contributed by atoms with Crippen LogP contribution in [-0.2, 0) is 5.54 Å². The average molecular weight is 409 g/mol. The largest absolute Gasteiger partial charge is 0.367 e. The zero-order chi connectivity index (χ0) is 21.5. The number of halogens is 1. The summed E-state index contributed by atoms with van der Waals surface area (Å²) in [4.78, 5) is 21.8. The summed E-state index contributed by atoms with van der Waals surface area (Å²) < 4.78 is 16.2. The Labute approximate surface area is 173 Å². The third-order valence-electron chi connectivity index (χ3n) is 5.25. The summed E-state index contributed by atoms with van der Waals surface area (Å²) in [5.41, 5.74) is 0.745. The molecule has 0 amide bonds. The number of benzene rings is 1. The molecule has 156 valence electrons. The van der Waals surface area contributed by atoms with Crippen molar-refractivity contribution in [3.63, 3.8) is 0 Å². The first kappa shape index (κ1) is 19.9. The molecule has 30 heavy (non-hydrogen) atoms. The van der Waals surface area contributed by atoms with Crippen LogP contribution in [0.4, 0.5) is 16.0 Å². The molecule has 1 unspecified atom stereocenters. The third-order valence-corrected chi connectivity index (χ3v) is 5.25. The highest BCUT2D eigenvalue weighted by molar-refractivity contribution is 5.74. The second kappa shape index (κ2) is 7.44. The van der Waals surface area contributed by atoms with Crippen LogP contribution in [0.25, 0.3) is 11.0 Å². The van der Waals surface area contributed by atoms with Crippen molar-refractivity contribution >= 4 is 22.7 Å². The van der Waals surface area contributed by atoms with Crippen LogP contribution in [0.1, 0.15) is 39.2 Å². The van der Waals surface area contributed by atoms with Gasteiger partial charge < -0.3 is 10.2 Å². The van der Waals surface area contributed by atoms with Crippen molar-refractivity contribution in [2.45, 2.75) is 45.2 Å². The van der Waals surface area contributed by atoms with Crippen LogP contribution in [0.5, 0.6) is 0 Å². The zero-order valence-electron chi connectivity index (χ0n) is 17.2. The number of aromatic nitrogens is 4. The van der Waals surface area contributed by atoms with E-state index in [9.17, 15) is 9.18 Å². The Morgan fingerprint density at radius 3 is 2.87 bits per heavy atom. The molecule has 2 aromatic heterocycles. The van der Waals surface area contributed by atoms with Crippen molar-refractivity contribution in [1.29, 1.82) is 5.26 Å². The average Bonchev–Trinajstić information content (AvgIpc) is 3.13. The number of hydrogen-bond acceptors (Lipinski definition) is 6. The van der Waals surface area contributed by atoms with Crippen molar-refractivity contribution in [3.8, 4) is 6.07 Å². The van der Waals surface area contributed by atoms with Gasteiger partial charge in [0.25, 0.3) is 5.56 Å². The van der Waals surface area contributed by atoms with Gasteiger partial charge in [-0.2, -0.15) is 15.3 Å². The van der Waals surface area contributed by atoms with Gasteiger partial charge in [-0.15, -0.1) is 0 Å². The number of H-pyrrole nitrogens is 1. The van der Waals surface area contributed by atoms with E-state index in [-0.39, 0.29) is 17.1 Å². The Bertz CT molecular complexity index is 1180. The summed E-state index contributed by atoms with van der Waals surface area (Å²) in [6, 6.07) is 6.46. The van der Waals surface area contributed by atoms with Gasteiger partial charge in [0.1, 0.15) is 11.2 Å². The SMILES string of the molecule is CC(C)(C)n1ncc2c(=O)[nH]c(NC3CCCN(c4ccc(C#N)cc4F)C3)nc21. The Kier molecular flexibility index (Phi) is 4.94. The van der Waals surface area contributed by atoms with E-state index in [1.54, 1.807) is 16.8 Å². The van der Waals surface area contributed by atoms with E-state index in [4.69, 9.17) is 5.26 Å². The van der Waals surface area contributed by atoms with E-state index in [1.807, 2.05) is 31.7 Å². The number of rotatable bonds is 3. The monoisotopic (exact) mass is 409 g/mol. The molecule has 3 aromatic rings. The maximum atomic E-state index is 14.4. The van der Waals surface area contributed by atoms with Crippen molar-refractivity contribution in [1.82, 2.24) is 19.7 Å². The summed E-state index contributed by atoms with van der Waals surface area (Å²) in [5, 5.41) is 17.0. The molecule has 1 fully saturated rings. The molecular weight excluding hydrogens is 385 g/mol. The zero-order valence-corrected chi connectivity index (χ0v) is 17.2. The summed E-state index contributed by atoms with van der Waals surface area (Å²) >= 11 is 0. The molecule has 1 atom stereocenters. The minimum atomic E-state index is -0.406. The molecule has 0 saturated carbocycles. The molecule has 4 rings (SSSR count). The van der Waals surface area contributed by atoms with Crippen molar-refractivity contribution in [2.75, 3.05) is 23.3 Å². The number of nitrogens with one attached hydrogen (secondary N) is 2. The van der Waals surface area contributed by atoms with Gasteiger partial charge in [-0.1, -0.05) is 0 Å². The minimum Gasteiger partial charge on any atom is -0.367 e. The van der Waals surface area contributed by atoms with E-state index >= 15 is 0 Å². The van der Waals surface area contributed by atoms with Gasteiger partial charge >= 0.3 is 0 Å². The van der Waals surface area contributed by atoms with Gasteiger partial charge in [-0.05, 0) is 51.8 Å². The van der Waals surface area contributed by atoms with Gasteiger partial charge in [-0.25, -0.2) is 9.07 Å². The fraction of sp³-hybridized carbons (Fsp3) is 0.429. The Morgan fingerprint density at radius 2 is 2.17 bits per heavy atom. The predicted octanol–water partition coefficient (Wildman–Crippen LogP) is 2.97. The molecule has 0 radical (unpaired) electrons. The van der Waals surface area contributed by atoms with Gasteiger partial charge in [0.15, 0.2) is 5.65 Å². The van der Waals surface area contributed by atoms with Gasteiger partial charge in [-0.3, -0.25) is 9.78 Å². The smallest absolute Gasteiger partial charge is 0.263 e. The van der Waals surface area contributed by atoms with Gasteiger partial charge in [0.05, 0.1) is 29.1 Å². The van der Waals surface area contributed by atoms with E-state index in [2.05, 4.69) is 20.4 Å². The van der Waals surface area contributed by atoms with Crippen molar-refractivity contribution in [2.24, 2.45) is 0 Å². The maximum absolute atomic E-state index is 14.4. The first-order valence-electron chi connectivity index (χ1n) is 9.96. The van der Waals surface area contributed by atoms with Crippen LogP contribution >= 0.6 is 0 Å². The fourth-order valence-corrected chi connectivity index (χ4v) is 3.82. The highest BCUT2D eigenvalue weighted by Crippen LogP contribution is 2.25. The van der Waals surface area contributed by atoms with Gasteiger partial charge in [0.2, 0.25) is 5.95 Å². The summed E-state index contributed by atoms with van der Waals surface area (Å²) in [6.45, 7) is 7.28. The summed E-state index contributed by atoms with van der Waals surface area (Å²) in [7, 11) is 0. The van der Waals surface area contributed by atoms with E-state index in [0.29, 0.717) is 34.8 Å². The number of piperidine rings is 1. The predicted molar refractivity (Wildman–Crippen MR) is 113 cm³/mol. The van der Waals surface area contributed by atoms with Crippen LogP contribution in [-0.4, -0.2) is 38.9 Å². The second-order valence-corrected chi connectivity index (χ2v) is 8.59. The molecular formula is C21H24FN7O. The lowest BCUT2D eigenvalue weighted by atomic mass is 10.0. The van der Waals surface area contributed by atoms with Crippen LogP contribution < -0.4 is 15.8 Å². The first-order chi connectivity index (χ1) is 14.3. The number of aromatic amines is 1. The van der Waals surface area contributed by atoms with Crippen LogP contribution in [0.15, 0.2) is 29.2 Å². The van der Waals surface area contributed by atoms with Gasteiger partial charge in [0, 0.05) is 19.1 Å². The van der Waals surface area contributed by atoms with E-state index in [1.165, 1.54) is 12.3 Å². The van der Waals surface area contributed by atoms with Crippen LogP contribution in [0.3, 0.4) is 0 Å². The number of nitrogens with zero attached hydrogens (tertiary/aromatic N) is 5. The normalized spacial score (nSPS) is 17.2. The lowest BCUT2D eigenvalue weighted by Gasteiger charge is -2.35. The number of fused-ring (bicyclic) bond motifs is 1. The van der Waals surface area contributed by atoms with Crippen LogP contribution in [0.2, 0.25) is 0 Å². The third kappa shape index (κ3) is 3.73. The molecule has 0 aliphatic carbocycles. The Hall–Kier alpha value is -3.41. The number of nitriles is 1. The molecule has 1 aromatic carbocycles. The Balaban J connectivity index is 1.58. The molecule has 0 spiro atoms. The fourth-order valence-electron chi connectivity index (χ4n) is 3.82. The number of hydrogen-bond donors (Lipinski definition) is 2. The maximum Gasteiger partial charge on any atom is 0.263 e. The van der Waals surface area contributed by atoms with Crippen molar-refractivity contribution < 1.29 is 4.39 Å². The summed E-state index contributed by atoms with van der Waals surface area (Å²) in [6.07, 6.45) is 3.27. The Morgan fingerprint density at radius 1 is 1.37 bits per heavy atom. The van der Waals surface area contributed by atoms with Crippen molar-refractivity contribution in [3.05, 3.63) is 46.1 Å². The summed E-state index contributed by atoms with van der Waals surface area (Å²) in [5.74, 6) is -0.0256. The molecule has 1 aliphatic rings. The lowest BCUT2D eigenvalue weighted by Crippen LogP contribution is -2.43. The molecule has 1 saturated heterocycles. The number of anilines is 2. The molecule has 2 N–H and O–H groups in total. The van der Waals surface area contributed by atoms with E-state index in [0.717, 1.165) is 19.4 Å². The molecule has 8 nitrogen and oxygen atoms in total. The highest BCUT2D eigenvalue weighted by atomic mass is 19.1. The van der Waals surface area contributed by atoms with Crippen LogP contribution in [0, 0.1) is 17.1 Å². The highest BCUT2D eigenvalue weighted by Gasteiger charge is 2.24. The molecule has 1 aliphatic heterocycles. The first-order valence-corrected chi connectivity index (χ1v) is 9.96. The second-order valence-electron chi connectivity index (χ2n) is 8.59. The molecule has 9 heteroatoms. The van der Waals surface area contributed by atoms with E-state index < -0.39 is 5.82 Å². The lowest BCUT2D eigenvalue weighted by molar-refractivity contribution is 0.366. The quantitative estimate of drug-likeness (QED) is 0.689. The minimum absolute atomic E-state index is 0.0135. The molecule has 3 heterocycles.